The molecule has 2 aromatic rings. The summed E-state index contributed by atoms with van der Waals surface area (Å²) >= 11 is 11.8. The van der Waals surface area contributed by atoms with Crippen molar-refractivity contribution in [3.05, 3.63) is 68.7 Å². The molecule has 2 aliphatic rings. The van der Waals surface area contributed by atoms with Crippen molar-refractivity contribution in [1.82, 2.24) is 0 Å². The van der Waals surface area contributed by atoms with Gasteiger partial charge in [-0.05, 0) is 23.8 Å². The Morgan fingerprint density at radius 2 is 1.74 bits per heavy atom. The molecule has 2 N–H and O–H groups in total. The number of fused-ring (bicyclic) bond motifs is 2. The Hall–Kier alpha value is -1.59. The van der Waals surface area contributed by atoms with E-state index in [0.717, 1.165) is 21.7 Å². The number of esters is 1. The van der Waals surface area contributed by atoms with Crippen LogP contribution in [-0.4, -0.2) is 12.5 Å². The Balaban J connectivity index is 0.000000136. The van der Waals surface area contributed by atoms with Crippen LogP contribution in [0.15, 0.2) is 36.4 Å². The molecule has 0 radical (unpaired) electrons. The summed E-state index contributed by atoms with van der Waals surface area (Å²) in [6.45, 7) is 1.43. The minimum absolute atomic E-state index is 0.0405. The number of carbonyl (C=O) groups is 1. The molecule has 2 heterocycles. The van der Waals surface area contributed by atoms with Crippen LogP contribution in [0.5, 0.6) is 0 Å². The lowest BCUT2D eigenvalue weighted by molar-refractivity contribution is 0.0535. The topological polar surface area (TPSA) is 61.5 Å². The lowest BCUT2D eigenvalue weighted by atomic mass is 10.1. The third-order valence-electron chi connectivity index (χ3n) is 3.83. The quantitative estimate of drug-likeness (QED) is 0.792. The maximum absolute atomic E-state index is 10.9. The van der Waals surface area contributed by atoms with Crippen LogP contribution in [0.2, 0.25) is 10.0 Å². The summed E-state index contributed by atoms with van der Waals surface area (Å²) in [5, 5.41) is 1.39. The van der Waals surface area contributed by atoms with E-state index < -0.39 is 0 Å². The van der Waals surface area contributed by atoms with Gasteiger partial charge in [-0.1, -0.05) is 41.4 Å². The smallest absolute Gasteiger partial charge is 0.338 e. The lowest BCUT2D eigenvalue weighted by Gasteiger charge is -2.06. The molecule has 120 valence electrons. The van der Waals surface area contributed by atoms with Crippen molar-refractivity contribution in [2.24, 2.45) is 5.73 Å². The first kappa shape index (κ1) is 16.3. The second kappa shape index (κ2) is 6.89. The van der Waals surface area contributed by atoms with Gasteiger partial charge in [-0.3, -0.25) is 0 Å². The number of ether oxygens (including phenoxy) is 2. The van der Waals surface area contributed by atoms with Crippen LogP contribution in [0.1, 0.15) is 33.2 Å². The summed E-state index contributed by atoms with van der Waals surface area (Å²) < 4.78 is 10.2. The summed E-state index contributed by atoms with van der Waals surface area (Å²) in [5.41, 5.74) is 9.17. The largest absolute Gasteiger partial charge is 0.457 e. The van der Waals surface area contributed by atoms with Crippen molar-refractivity contribution >= 4 is 29.2 Å². The third kappa shape index (κ3) is 3.21. The van der Waals surface area contributed by atoms with Crippen molar-refractivity contribution in [2.75, 3.05) is 6.54 Å². The SMILES string of the molecule is NCC1OCc2c(Cl)cccc21.O=C1OCc2c(Cl)cccc21. The molecule has 2 aliphatic heterocycles. The molecule has 0 amide bonds. The minimum atomic E-state index is -0.275. The number of halogens is 2. The molecule has 4 rings (SSSR count). The van der Waals surface area contributed by atoms with Gasteiger partial charge in [0.1, 0.15) is 6.61 Å². The second-order valence-electron chi connectivity index (χ2n) is 5.19. The average molecular weight is 352 g/mol. The molecular formula is C17H15Cl2NO3. The number of benzene rings is 2. The molecule has 6 heteroatoms. The Morgan fingerprint density at radius 3 is 2.43 bits per heavy atom. The number of carbonyl (C=O) groups excluding carboxylic acids is 1. The maximum atomic E-state index is 10.9. The molecule has 0 aromatic heterocycles. The van der Waals surface area contributed by atoms with Gasteiger partial charge in [0.15, 0.2) is 0 Å². The van der Waals surface area contributed by atoms with E-state index in [0.29, 0.717) is 30.3 Å². The normalized spacial score (nSPS) is 17.9. The summed E-state index contributed by atoms with van der Waals surface area (Å²) in [5.74, 6) is -0.275. The third-order valence-corrected chi connectivity index (χ3v) is 4.54. The highest BCUT2D eigenvalue weighted by Gasteiger charge is 2.23. The molecule has 0 saturated carbocycles. The van der Waals surface area contributed by atoms with E-state index in [9.17, 15) is 4.79 Å². The molecule has 0 spiro atoms. The summed E-state index contributed by atoms with van der Waals surface area (Å²) in [4.78, 5) is 10.9. The zero-order valence-corrected chi connectivity index (χ0v) is 13.7. The van der Waals surface area contributed by atoms with Crippen molar-refractivity contribution in [3.63, 3.8) is 0 Å². The van der Waals surface area contributed by atoms with Crippen LogP contribution in [-0.2, 0) is 22.7 Å². The molecule has 1 unspecified atom stereocenters. The van der Waals surface area contributed by atoms with Gasteiger partial charge in [-0.15, -0.1) is 0 Å². The number of hydrogen-bond donors (Lipinski definition) is 1. The van der Waals surface area contributed by atoms with E-state index in [1.807, 2.05) is 18.2 Å². The van der Waals surface area contributed by atoms with Crippen LogP contribution in [0.3, 0.4) is 0 Å². The first-order valence-corrected chi connectivity index (χ1v) is 7.91. The van der Waals surface area contributed by atoms with Gasteiger partial charge in [0.05, 0.1) is 18.3 Å². The fourth-order valence-corrected chi connectivity index (χ4v) is 3.08. The van der Waals surface area contributed by atoms with Crippen LogP contribution in [0, 0.1) is 0 Å². The van der Waals surface area contributed by atoms with E-state index in [1.54, 1.807) is 18.2 Å². The molecule has 0 aliphatic carbocycles. The van der Waals surface area contributed by atoms with Crippen LogP contribution in [0.4, 0.5) is 0 Å². The minimum Gasteiger partial charge on any atom is -0.457 e. The molecule has 0 fully saturated rings. The van der Waals surface area contributed by atoms with Gasteiger partial charge < -0.3 is 15.2 Å². The van der Waals surface area contributed by atoms with E-state index in [2.05, 4.69) is 0 Å². The van der Waals surface area contributed by atoms with Crippen molar-refractivity contribution in [2.45, 2.75) is 19.3 Å². The maximum Gasteiger partial charge on any atom is 0.338 e. The molecular weight excluding hydrogens is 337 g/mol. The summed E-state index contributed by atoms with van der Waals surface area (Å²) in [6.07, 6.45) is 0.0405. The Bertz CT molecular complexity index is 749. The fourth-order valence-electron chi connectivity index (χ4n) is 2.61. The van der Waals surface area contributed by atoms with Crippen LogP contribution >= 0.6 is 23.2 Å². The average Bonchev–Trinajstić information content (AvgIpc) is 3.14. The van der Waals surface area contributed by atoms with E-state index in [4.69, 9.17) is 38.4 Å². The highest BCUT2D eigenvalue weighted by Crippen LogP contribution is 2.34. The van der Waals surface area contributed by atoms with E-state index in [1.165, 1.54) is 0 Å². The lowest BCUT2D eigenvalue weighted by Crippen LogP contribution is -2.10. The predicted molar refractivity (Wildman–Crippen MR) is 88.6 cm³/mol. The predicted octanol–water partition coefficient (Wildman–Crippen LogP) is 3.88. The van der Waals surface area contributed by atoms with Crippen molar-refractivity contribution in [3.8, 4) is 0 Å². The standard InChI is InChI=1S/C9H10ClNO.C8H5ClO2/c10-8-3-1-2-6-7(8)5-12-9(6)4-11;9-7-3-1-2-5-6(7)4-11-8(5)10/h1-3,9H,4-5,11H2;1-3H,4H2. The molecule has 2 aromatic carbocycles. The highest BCUT2D eigenvalue weighted by molar-refractivity contribution is 6.32. The first-order chi connectivity index (χ1) is 11.1. The van der Waals surface area contributed by atoms with Gasteiger partial charge in [-0.2, -0.15) is 0 Å². The van der Waals surface area contributed by atoms with Gasteiger partial charge in [-0.25, -0.2) is 4.79 Å². The van der Waals surface area contributed by atoms with E-state index in [-0.39, 0.29) is 12.1 Å². The first-order valence-electron chi connectivity index (χ1n) is 7.15. The van der Waals surface area contributed by atoms with E-state index >= 15 is 0 Å². The zero-order valence-electron chi connectivity index (χ0n) is 12.2. The molecule has 0 saturated heterocycles. The Morgan fingerprint density at radius 1 is 1.04 bits per heavy atom. The fraction of sp³-hybridized carbons (Fsp3) is 0.235. The van der Waals surface area contributed by atoms with Crippen molar-refractivity contribution in [1.29, 1.82) is 0 Å². The summed E-state index contributed by atoms with van der Waals surface area (Å²) in [6, 6.07) is 11.0. The van der Waals surface area contributed by atoms with Gasteiger partial charge in [0, 0.05) is 27.7 Å². The number of rotatable bonds is 1. The van der Waals surface area contributed by atoms with Gasteiger partial charge >= 0.3 is 5.97 Å². The Labute approximate surface area is 144 Å². The number of hydrogen-bond acceptors (Lipinski definition) is 4. The monoisotopic (exact) mass is 351 g/mol. The zero-order chi connectivity index (χ0) is 16.4. The van der Waals surface area contributed by atoms with Crippen LogP contribution < -0.4 is 5.73 Å². The molecule has 1 atom stereocenters. The number of nitrogens with two attached hydrogens (primary N) is 1. The number of cyclic esters (lactones) is 1. The molecule has 23 heavy (non-hydrogen) atoms. The highest BCUT2D eigenvalue weighted by atomic mass is 35.5. The van der Waals surface area contributed by atoms with Gasteiger partial charge in [0.2, 0.25) is 0 Å². The molecule has 0 bridgehead atoms. The van der Waals surface area contributed by atoms with Crippen LogP contribution in [0.25, 0.3) is 0 Å². The summed E-state index contributed by atoms with van der Waals surface area (Å²) in [7, 11) is 0. The molecule has 4 nitrogen and oxygen atoms in total. The van der Waals surface area contributed by atoms with Gasteiger partial charge in [0.25, 0.3) is 0 Å². The Kier molecular flexibility index (Phi) is 4.87. The second-order valence-corrected chi connectivity index (χ2v) is 6.00. The van der Waals surface area contributed by atoms with Crippen molar-refractivity contribution < 1.29 is 14.3 Å².